The zero-order valence-corrected chi connectivity index (χ0v) is 23.0. The molecule has 3 rings (SSSR count). The van der Waals surface area contributed by atoms with Crippen LogP contribution < -0.4 is 19.1 Å². The Labute approximate surface area is 219 Å². The fraction of sp³-hybridized carbons (Fsp3) is 0.481. The molecule has 9 nitrogen and oxygen atoms in total. The molecular weight excluding hydrogens is 494 g/mol. The van der Waals surface area contributed by atoms with Crippen LogP contribution >= 0.6 is 0 Å². The molecule has 0 aliphatic carbocycles. The van der Waals surface area contributed by atoms with Crippen LogP contribution in [0.25, 0.3) is 0 Å². The van der Waals surface area contributed by atoms with Gasteiger partial charge in [-0.1, -0.05) is 37.3 Å². The molecule has 2 aromatic carbocycles. The van der Waals surface area contributed by atoms with E-state index in [1.54, 1.807) is 18.2 Å². The SMILES string of the molecule is CC[C@@H](C(=O)NC(C)(C)C)N(Cc1ccccc1)C(=O)CN(c1ccc2c(c1)OCCO2)S(=O)(=O)CC. The summed E-state index contributed by atoms with van der Waals surface area (Å²) in [7, 11) is -3.83. The lowest BCUT2D eigenvalue weighted by atomic mass is 10.1. The van der Waals surface area contributed by atoms with Crippen molar-refractivity contribution >= 4 is 27.5 Å². The number of nitrogens with one attached hydrogen (secondary N) is 1. The monoisotopic (exact) mass is 531 g/mol. The normalized spacial score (nSPS) is 14.0. The highest BCUT2D eigenvalue weighted by atomic mass is 32.2. The maximum Gasteiger partial charge on any atom is 0.244 e. The molecule has 37 heavy (non-hydrogen) atoms. The van der Waals surface area contributed by atoms with Gasteiger partial charge in [0.15, 0.2) is 11.5 Å². The Bertz CT molecular complexity index is 1190. The summed E-state index contributed by atoms with van der Waals surface area (Å²) >= 11 is 0. The molecule has 0 spiro atoms. The van der Waals surface area contributed by atoms with Crippen LogP contribution in [0.3, 0.4) is 0 Å². The van der Waals surface area contributed by atoms with Gasteiger partial charge < -0.3 is 19.7 Å². The van der Waals surface area contributed by atoms with Gasteiger partial charge in [-0.25, -0.2) is 8.42 Å². The predicted octanol–water partition coefficient (Wildman–Crippen LogP) is 3.34. The summed E-state index contributed by atoms with van der Waals surface area (Å²) in [6.07, 6.45) is 0.366. The van der Waals surface area contributed by atoms with E-state index in [1.165, 1.54) is 11.8 Å². The number of sulfonamides is 1. The third-order valence-electron chi connectivity index (χ3n) is 5.87. The third kappa shape index (κ3) is 7.38. The lowest BCUT2D eigenvalue weighted by Crippen LogP contribution is -2.55. The Morgan fingerprint density at radius 3 is 2.24 bits per heavy atom. The Morgan fingerprint density at radius 1 is 1.00 bits per heavy atom. The van der Waals surface area contributed by atoms with E-state index in [0.717, 1.165) is 9.87 Å². The summed E-state index contributed by atoms with van der Waals surface area (Å²) in [5.74, 6) is -0.0274. The summed E-state index contributed by atoms with van der Waals surface area (Å²) in [5.41, 5.74) is 0.641. The molecule has 10 heteroatoms. The second kappa shape index (κ2) is 11.9. The van der Waals surface area contributed by atoms with E-state index in [2.05, 4.69) is 5.32 Å². The summed E-state index contributed by atoms with van der Waals surface area (Å²) in [6.45, 7) is 9.44. The minimum absolute atomic E-state index is 0.164. The van der Waals surface area contributed by atoms with Gasteiger partial charge in [0, 0.05) is 18.2 Å². The van der Waals surface area contributed by atoms with Crippen molar-refractivity contribution in [1.29, 1.82) is 0 Å². The number of anilines is 1. The number of carbonyl (C=O) groups excluding carboxylic acids is 2. The lowest BCUT2D eigenvalue weighted by Gasteiger charge is -2.34. The average molecular weight is 532 g/mol. The number of rotatable bonds is 10. The van der Waals surface area contributed by atoms with Crippen LogP contribution in [0.5, 0.6) is 11.5 Å². The number of nitrogens with zero attached hydrogens (tertiary/aromatic N) is 2. The van der Waals surface area contributed by atoms with Gasteiger partial charge in [-0.2, -0.15) is 0 Å². The maximum absolute atomic E-state index is 13.8. The molecular formula is C27H37N3O6S. The molecule has 1 N–H and O–H groups in total. The van der Waals surface area contributed by atoms with Gasteiger partial charge in [-0.05, 0) is 51.8 Å². The maximum atomic E-state index is 13.8. The predicted molar refractivity (Wildman–Crippen MR) is 143 cm³/mol. The van der Waals surface area contributed by atoms with Crippen molar-refractivity contribution in [2.45, 2.75) is 59.2 Å². The van der Waals surface area contributed by atoms with Gasteiger partial charge in [0.2, 0.25) is 21.8 Å². The highest BCUT2D eigenvalue weighted by Crippen LogP contribution is 2.35. The first-order valence-electron chi connectivity index (χ1n) is 12.5. The second-order valence-electron chi connectivity index (χ2n) is 9.91. The summed E-state index contributed by atoms with van der Waals surface area (Å²) in [6, 6.07) is 13.4. The van der Waals surface area contributed by atoms with Crippen molar-refractivity contribution in [3.05, 3.63) is 54.1 Å². The van der Waals surface area contributed by atoms with Crippen LogP contribution in [0.2, 0.25) is 0 Å². The number of amides is 2. The fourth-order valence-electron chi connectivity index (χ4n) is 4.06. The van der Waals surface area contributed by atoms with Gasteiger partial charge >= 0.3 is 0 Å². The fourth-order valence-corrected chi connectivity index (χ4v) is 5.11. The van der Waals surface area contributed by atoms with Crippen molar-refractivity contribution in [3.8, 4) is 11.5 Å². The van der Waals surface area contributed by atoms with E-state index < -0.39 is 34.1 Å². The van der Waals surface area contributed by atoms with Crippen molar-refractivity contribution in [2.75, 3.05) is 29.8 Å². The quantitative estimate of drug-likeness (QED) is 0.504. The Hall–Kier alpha value is -3.27. The average Bonchev–Trinajstić information content (AvgIpc) is 2.86. The molecule has 0 fully saturated rings. The first-order chi connectivity index (χ1) is 17.4. The molecule has 1 atom stereocenters. The van der Waals surface area contributed by atoms with E-state index in [4.69, 9.17) is 9.47 Å². The summed E-state index contributed by atoms with van der Waals surface area (Å²) in [5, 5.41) is 2.96. The van der Waals surface area contributed by atoms with Crippen LogP contribution in [-0.4, -0.2) is 62.2 Å². The standard InChI is InChI=1S/C27H37N3O6S/c1-6-22(26(32)28-27(3,4)5)29(18-20-11-9-8-10-12-20)25(31)19-30(37(33,34)7-2)21-13-14-23-24(17-21)36-16-15-35-23/h8-14,17,22H,6-7,15-16,18-19H2,1-5H3,(H,28,32)/t22-/m0/s1. The largest absolute Gasteiger partial charge is 0.486 e. The molecule has 0 unspecified atom stereocenters. The van der Waals surface area contributed by atoms with Gasteiger partial charge in [0.05, 0.1) is 11.4 Å². The molecule has 202 valence electrons. The van der Waals surface area contributed by atoms with Crippen LogP contribution in [0.4, 0.5) is 5.69 Å². The molecule has 1 aliphatic rings. The minimum atomic E-state index is -3.83. The van der Waals surface area contributed by atoms with E-state index in [1.807, 2.05) is 58.0 Å². The van der Waals surface area contributed by atoms with Crippen LogP contribution in [-0.2, 0) is 26.2 Å². The topological polar surface area (TPSA) is 105 Å². The van der Waals surface area contributed by atoms with Gasteiger partial charge in [-0.15, -0.1) is 0 Å². The highest BCUT2D eigenvalue weighted by molar-refractivity contribution is 7.92. The molecule has 0 saturated carbocycles. The molecule has 0 bridgehead atoms. The van der Waals surface area contributed by atoms with Crippen molar-refractivity contribution < 1.29 is 27.5 Å². The van der Waals surface area contributed by atoms with Crippen LogP contribution in [0.15, 0.2) is 48.5 Å². The van der Waals surface area contributed by atoms with E-state index in [-0.39, 0.29) is 18.2 Å². The Kier molecular flexibility index (Phi) is 9.07. The summed E-state index contributed by atoms with van der Waals surface area (Å²) in [4.78, 5) is 28.5. The van der Waals surface area contributed by atoms with Crippen LogP contribution in [0, 0.1) is 0 Å². The van der Waals surface area contributed by atoms with Gasteiger partial charge in [0.25, 0.3) is 0 Å². The molecule has 2 aromatic rings. The second-order valence-corrected chi connectivity index (χ2v) is 12.1. The third-order valence-corrected chi connectivity index (χ3v) is 7.61. The van der Waals surface area contributed by atoms with Crippen molar-refractivity contribution in [2.24, 2.45) is 0 Å². The first kappa shape index (κ1) is 28.3. The van der Waals surface area contributed by atoms with E-state index >= 15 is 0 Å². The molecule has 1 aliphatic heterocycles. The van der Waals surface area contributed by atoms with E-state index in [9.17, 15) is 18.0 Å². The number of carbonyl (C=O) groups is 2. The first-order valence-corrected chi connectivity index (χ1v) is 14.1. The molecule has 0 aromatic heterocycles. The number of hydrogen-bond acceptors (Lipinski definition) is 6. The minimum Gasteiger partial charge on any atom is -0.486 e. The van der Waals surface area contributed by atoms with Crippen molar-refractivity contribution in [1.82, 2.24) is 10.2 Å². The number of fused-ring (bicyclic) bond motifs is 1. The number of benzene rings is 2. The van der Waals surface area contributed by atoms with Crippen LogP contribution in [0.1, 0.15) is 46.6 Å². The molecule has 1 heterocycles. The molecule has 2 amide bonds. The summed E-state index contributed by atoms with van der Waals surface area (Å²) < 4.78 is 38.6. The van der Waals surface area contributed by atoms with Crippen molar-refractivity contribution in [3.63, 3.8) is 0 Å². The highest BCUT2D eigenvalue weighted by Gasteiger charge is 2.34. The lowest BCUT2D eigenvalue weighted by molar-refractivity contribution is -0.141. The Morgan fingerprint density at radius 2 is 1.65 bits per heavy atom. The zero-order valence-electron chi connectivity index (χ0n) is 22.2. The zero-order chi connectivity index (χ0) is 27.2. The Balaban J connectivity index is 1.98. The van der Waals surface area contributed by atoms with Gasteiger partial charge in [-0.3, -0.25) is 13.9 Å². The number of ether oxygens (including phenoxy) is 2. The molecule has 0 saturated heterocycles. The van der Waals surface area contributed by atoms with Gasteiger partial charge in [0.1, 0.15) is 25.8 Å². The number of hydrogen-bond donors (Lipinski definition) is 1. The van der Waals surface area contributed by atoms with E-state index in [0.29, 0.717) is 36.8 Å². The molecule has 0 radical (unpaired) electrons. The smallest absolute Gasteiger partial charge is 0.244 e.